The number of nitrogens with two attached hydrogens (primary N) is 1. The van der Waals surface area contributed by atoms with Crippen molar-refractivity contribution in [2.24, 2.45) is 5.73 Å². The van der Waals surface area contributed by atoms with Crippen LogP contribution < -0.4 is 5.73 Å². The fourth-order valence-electron chi connectivity index (χ4n) is 1.82. The lowest BCUT2D eigenvalue weighted by molar-refractivity contribution is 0.156. The molecule has 1 aromatic rings. The van der Waals surface area contributed by atoms with Gasteiger partial charge in [-0.15, -0.1) is 11.3 Å². The van der Waals surface area contributed by atoms with Crippen molar-refractivity contribution in [3.05, 3.63) is 19.8 Å². The second kappa shape index (κ2) is 3.93. The molecule has 0 fully saturated rings. The van der Waals surface area contributed by atoms with Crippen molar-refractivity contribution in [3.8, 4) is 0 Å². The highest BCUT2D eigenvalue weighted by Crippen LogP contribution is 2.42. The molecule has 0 amide bonds. The van der Waals surface area contributed by atoms with Crippen LogP contribution in [0, 0.1) is 0 Å². The van der Waals surface area contributed by atoms with Crippen LogP contribution in [0.2, 0.25) is 0 Å². The van der Waals surface area contributed by atoms with Crippen molar-refractivity contribution >= 4 is 27.3 Å². The van der Waals surface area contributed by atoms with Crippen LogP contribution in [0.25, 0.3) is 0 Å². The van der Waals surface area contributed by atoms with Gasteiger partial charge in [0.1, 0.15) is 6.10 Å². The van der Waals surface area contributed by atoms with E-state index in [-0.39, 0.29) is 6.04 Å². The molecule has 3 N–H and O–H groups in total. The summed E-state index contributed by atoms with van der Waals surface area (Å²) in [6, 6.07) is -0.204. The first-order valence-electron chi connectivity index (χ1n) is 4.85. The molecule has 0 radical (unpaired) electrons. The van der Waals surface area contributed by atoms with E-state index < -0.39 is 6.10 Å². The second-order valence-corrected chi connectivity index (χ2v) is 5.77. The normalized spacial score (nSPS) is 19.4. The Labute approximate surface area is 96.3 Å². The number of halogens is 1. The molecule has 0 saturated carbocycles. The summed E-state index contributed by atoms with van der Waals surface area (Å²) < 4.78 is 1.10. The summed E-state index contributed by atoms with van der Waals surface area (Å²) in [6.07, 6.45) is 3.01. The molecule has 2 nitrogen and oxygen atoms in total. The van der Waals surface area contributed by atoms with Crippen molar-refractivity contribution < 1.29 is 5.11 Å². The van der Waals surface area contributed by atoms with Crippen LogP contribution in [0.15, 0.2) is 4.47 Å². The van der Waals surface area contributed by atoms with E-state index in [1.165, 1.54) is 16.9 Å². The predicted octanol–water partition coefficient (Wildman–Crippen LogP) is 2.38. The van der Waals surface area contributed by atoms with Gasteiger partial charge in [-0.2, -0.15) is 0 Å². The number of fused-ring (bicyclic) bond motifs is 1. The molecule has 14 heavy (non-hydrogen) atoms. The standard InChI is InChI=1S/C10H14BrNOS/c1-5(12)9(13)10-8(11)6-3-2-4-7(6)14-10/h5,9,13H,2-4,12H2,1H3. The fraction of sp³-hybridized carbons (Fsp3) is 0.600. The molecule has 0 spiro atoms. The van der Waals surface area contributed by atoms with E-state index in [9.17, 15) is 5.11 Å². The van der Waals surface area contributed by atoms with Gasteiger partial charge in [0.05, 0.1) is 0 Å². The van der Waals surface area contributed by atoms with Crippen molar-refractivity contribution in [1.29, 1.82) is 0 Å². The van der Waals surface area contributed by atoms with Gasteiger partial charge in [-0.25, -0.2) is 0 Å². The maximum Gasteiger partial charge on any atom is 0.104 e. The minimum absolute atomic E-state index is 0.204. The number of aryl methyl sites for hydroxylation is 1. The highest BCUT2D eigenvalue weighted by atomic mass is 79.9. The van der Waals surface area contributed by atoms with Gasteiger partial charge in [0.2, 0.25) is 0 Å². The zero-order valence-electron chi connectivity index (χ0n) is 8.09. The molecular weight excluding hydrogens is 262 g/mol. The summed E-state index contributed by atoms with van der Waals surface area (Å²) in [5, 5.41) is 9.89. The average molecular weight is 276 g/mol. The maximum absolute atomic E-state index is 9.89. The van der Waals surface area contributed by atoms with Gasteiger partial charge >= 0.3 is 0 Å². The van der Waals surface area contributed by atoms with E-state index in [1.807, 2.05) is 6.92 Å². The first kappa shape index (κ1) is 10.6. The predicted molar refractivity (Wildman–Crippen MR) is 62.7 cm³/mol. The minimum Gasteiger partial charge on any atom is -0.386 e. The lowest BCUT2D eigenvalue weighted by Gasteiger charge is -2.13. The largest absolute Gasteiger partial charge is 0.386 e. The molecule has 78 valence electrons. The van der Waals surface area contributed by atoms with Gasteiger partial charge in [0.25, 0.3) is 0 Å². The lowest BCUT2D eigenvalue weighted by atomic mass is 10.1. The Hall–Kier alpha value is 0.100. The quantitative estimate of drug-likeness (QED) is 0.871. The summed E-state index contributed by atoms with van der Waals surface area (Å²) in [4.78, 5) is 2.43. The van der Waals surface area contributed by atoms with Gasteiger partial charge in [-0.3, -0.25) is 0 Å². The highest BCUT2D eigenvalue weighted by Gasteiger charge is 2.25. The molecule has 0 bridgehead atoms. The molecule has 0 saturated heterocycles. The highest BCUT2D eigenvalue weighted by molar-refractivity contribution is 9.10. The Morgan fingerprint density at radius 2 is 2.21 bits per heavy atom. The summed E-state index contributed by atoms with van der Waals surface area (Å²) in [5.41, 5.74) is 7.08. The number of aliphatic hydroxyl groups is 1. The number of hydrogen-bond acceptors (Lipinski definition) is 3. The van der Waals surface area contributed by atoms with Gasteiger partial charge in [0, 0.05) is 20.3 Å². The summed E-state index contributed by atoms with van der Waals surface area (Å²) >= 11 is 5.27. The van der Waals surface area contributed by atoms with Crippen molar-refractivity contribution in [2.45, 2.75) is 38.3 Å². The first-order valence-corrected chi connectivity index (χ1v) is 6.45. The summed E-state index contributed by atoms with van der Waals surface area (Å²) in [6.45, 7) is 1.84. The molecule has 2 unspecified atom stereocenters. The SMILES string of the molecule is CC(N)C(O)c1sc2c(c1Br)CCC2. The number of hydrogen-bond donors (Lipinski definition) is 2. The van der Waals surface area contributed by atoms with Crippen molar-refractivity contribution in [2.75, 3.05) is 0 Å². The average Bonchev–Trinajstić information content (AvgIpc) is 2.68. The second-order valence-electron chi connectivity index (χ2n) is 3.84. The van der Waals surface area contributed by atoms with Crippen LogP contribution >= 0.6 is 27.3 Å². The van der Waals surface area contributed by atoms with E-state index in [4.69, 9.17) is 5.73 Å². The van der Waals surface area contributed by atoms with Crippen molar-refractivity contribution in [3.63, 3.8) is 0 Å². The van der Waals surface area contributed by atoms with Crippen LogP contribution in [0.4, 0.5) is 0 Å². The molecule has 2 atom stereocenters. The topological polar surface area (TPSA) is 46.2 Å². The molecular formula is C10H14BrNOS. The Morgan fingerprint density at radius 1 is 1.50 bits per heavy atom. The van der Waals surface area contributed by atoms with Gasteiger partial charge < -0.3 is 10.8 Å². The first-order chi connectivity index (χ1) is 6.61. The third kappa shape index (κ3) is 1.65. The number of rotatable bonds is 2. The molecule has 1 aliphatic rings. The van der Waals surface area contributed by atoms with E-state index in [2.05, 4.69) is 15.9 Å². The molecule has 4 heteroatoms. The molecule has 0 aromatic carbocycles. The minimum atomic E-state index is -0.528. The molecule has 1 aromatic heterocycles. The summed E-state index contributed by atoms with van der Waals surface area (Å²) in [7, 11) is 0. The molecule has 2 rings (SSSR count). The third-order valence-electron chi connectivity index (χ3n) is 2.65. The van der Waals surface area contributed by atoms with Crippen molar-refractivity contribution in [1.82, 2.24) is 0 Å². The number of aliphatic hydroxyl groups excluding tert-OH is 1. The fourth-order valence-corrected chi connectivity index (χ4v) is 4.25. The molecule has 0 aliphatic heterocycles. The Balaban J connectivity index is 2.36. The van der Waals surface area contributed by atoms with Gasteiger partial charge in [-0.1, -0.05) is 0 Å². The van der Waals surface area contributed by atoms with E-state index in [0.717, 1.165) is 22.2 Å². The van der Waals surface area contributed by atoms with E-state index in [1.54, 1.807) is 11.3 Å². The van der Waals surface area contributed by atoms with Crippen LogP contribution in [0.5, 0.6) is 0 Å². The van der Waals surface area contributed by atoms with E-state index >= 15 is 0 Å². The van der Waals surface area contributed by atoms with Crippen LogP contribution in [0.3, 0.4) is 0 Å². The van der Waals surface area contributed by atoms with E-state index in [0.29, 0.717) is 0 Å². The number of thiophene rings is 1. The van der Waals surface area contributed by atoms with Gasteiger partial charge in [-0.05, 0) is 47.7 Å². The Morgan fingerprint density at radius 3 is 2.79 bits per heavy atom. The third-order valence-corrected chi connectivity index (χ3v) is 5.18. The Kier molecular flexibility index (Phi) is 2.98. The summed E-state index contributed by atoms with van der Waals surface area (Å²) in [5.74, 6) is 0. The van der Waals surface area contributed by atoms with Crippen LogP contribution in [-0.2, 0) is 12.8 Å². The van der Waals surface area contributed by atoms with Crippen LogP contribution in [0.1, 0.15) is 34.8 Å². The monoisotopic (exact) mass is 275 g/mol. The zero-order valence-corrected chi connectivity index (χ0v) is 10.5. The lowest BCUT2D eigenvalue weighted by Crippen LogP contribution is -2.23. The molecule has 1 heterocycles. The van der Waals surface area contributed by atoms with Crippen LogP contribution in [-0.4, -0.2) is 11.1 Å². The maximum atomic E-state index is 9.89. The van der Waals surface area contributed by atoms with Gasteiger partial charge in [0.15, 0.2) is 0 Å². The zero-order chi connectivity index (χ0) is 10.3. The molecule has 1 aliphatic carbocycles. The smallest absolute Gasteiger partial charge is 0.104 e. The Bertz CT molecular complexity index is 348.